The van der Waals surface area contributed by atoms with Crippen molar-refractivity contribution < 1.29 is 9.53 Å². The number of benzene rings is 1. The van der Waals surface area contributed by atoms with Gasteiger partial charge in [-0.3, -0.25) is 4.79 Å². The third-order valence-corrected chi connectivity index (χ3v) is 4.15. The predicted octanol–water partition coefficient (Wildman–Crippen LogP) is 3.38. The highest BCUT2D eigenvalue weighted by Gasteiger charge is 2.28. The summed E-state index contributed by atoms with van der Waals surface area (Å²) in [7, 11) is 1.62. The van der Waals surface area contributed by atoms with Crippen LogP contribution in [0, 0.1) is 0 Å². The van der Waals surface area contributed by atoms with E-state index in [1.54, 1.807) is 7.11 Å². The summed E-state index contributed by atoms with van der Waals surface area (Å²) in [5.74, 6) is 0.783. The zero-order valence-corrected chi connectivity index (χ0v) is 12.2. The molecular weight excluding hydrogens is 262 g/mol. The van der Waals surface area contributed by atoms with Crippen molar-refractivity contribution in [2.45, 2.75) is 37.6 Å². The first-order valence-corrected chi connectivity index (χ1v) is 7.15. The predicted molar refractivity (Wildman–Crippen MR) is 76.6 cm³/mol. The molecule has 0 N–H and O–H groups in total. The number of halogens is 1. The number of methoxy groups -OCH3 is 1. The van der Waals surface area contributed by atoms with Crippen LogP contribution in [0.15, 0.2) is 24.3 Å². The molecule has 0 radical (unpaired) electrons. The number of likely N-dealkylation sites (tertiary alicyclic amines) is 1. The number of amides is 1. The second-order valence-corrected chi connectivity index (χ2v) is 5.45. The van der Waals surface area contributed by atoms with E-state index in [0.717, 1.165) is 30.7 Å². The van der Waals surface area contributed by atoms with Gasteiger partial charge in [-0.25, -0.2) is 0 Å². The Balaban J connectivity index is 2.08. The standard InChI is InChI=1S/C15H20ClNO2/c1-11-5-3-4-10-17(11)15(18)14(16)12-6-8-13(19-2)9-7-12/h6-9,11,14H,3-5,10H2,1-2H3. The maximum absolute atomic E-state index is 12.4. The Labute approximate surface area is 119 Å². The topological polar surface area (TPSA) is 29.5 Å². The summed E-state index contributed by atoms with van der Waals surface area (Å²) in [6.07, 6.45) is 3.33. The fourth-order valence-corrected chi connectivity index (χ4v) is 2.76. The number of ether oxygens (including phenoxy) is 1. The van der Waals surface area contributed by atoms with E-state index in [1.807, 2.05) is 29.2 Å². The molecule has 1 amide bonds. The van der Waals surface area contributed by atoms with Gasteiger partial charge in [0.1, 0.15) is 11.1 Å². The van der Waals surface area contributed by atoms with Crippen molar-refractivity contribution in [3.8, 4) is 5.75 Å². The smallest absolute Gasteiger partial charge is 0.245 e. The number of carbonyl (C=O) groups is 1. The van der Waals surface area contributed by atoms with Crippen LogP contribution >= 0.6 is 11.6 Å². The minimum absolute atomic E-state index is 0.0130. The minimum atomic E-state index is -0.605. The molecule has 0 bridgehead atoms. The fourth-order valence-electron chi connectivity index (χ4n) is 2.49. The molecule has 1 aliphatic rings. The van der Waals surface area contributed by atoms with Crippen molar-refractivity contribution in [3.05, 3.63) is 29.8 Å². The van der Waals surface area contributed by atoms with Crippen LogP contribution in [0.4, 0.5) is 0 Å². The molecule has 1 fully saturated rings. The first kappa shape index (κ1) is 14.2. The lowest BCUT2D eigenvalue weighted by Gasteiger charge is -2.34. The molecule has 2 atom stereocenters. The largest absolute Gasteiger partial charge is 0.497 e. The molecule has 2 unspecified atom stereocenters. The Morgan fingerprint density at radius 3 is 2.63 bits per heavy atom. The van der Waals surface area contributed by atoms with E-state index in [-0.39, 0.29) is 5.91 Å². The third kappa shape index (κ3) is 3.21. The van der Waals surface area contributed by atoms with Crippen molar-refractivity contribution in [2.75, 3.05) is 13.7 Å². The Morgan fingerprint density at radius 1 is 1.37 bits per heavy atom. The monoisotopic (exact) mass is 281 g/mol. The Kier molecular flexibility index (Phi) is 4.70. The molecule has 4 heteroatoms. The van der Waals surface area contributed by atoms with Crippen LogP contribution in [0.1, 0.15) is 37.1 Å². The summed E-state index contributed by atoms with van der Waals surface area (Å²) in [6.45, 7) is 2.91. The van der Waals surface area contributed by atoms with Gasteiger partial charge in [0.15, 0.2) is 0 Å². The van der Waals surface area contributed by atoms with E-state index < -0.39 is 5.38 Å². The molecule has 1 aliphatic heterocycles. The summed E-state index contributed by atoms with van der Waals surface area (Å²) in [5.41, 5.74) is 0.824. The van der Waals surface area contributed by atoms with E-state index in [1.165, 1.54) is 6.42 Å². The number of hydrogen-bond acceptors (Lipinski definition) is 2. The fraction of sp³-hybridized carbons (Fsp3) is 0.533. The lowest BCUT2D eigenvalue weighted by molar-refractivity contribution is -0.134. The number of piperidine rings is 1. The first-order chi connectivity index (χ1) is 9.13. The van der Waals surface area contributed by atoms with E-state index in [4.69, 9.17) is 16.3 Å². The molecule has 1 heterocycles. The molecule has 104 valence electrons. The summed E-state index contributed by atoms with van der Waals surface area (Å²) < 4.78 is 5.10. The minimum Gasteiger partial charge on any atom is -0.497 e. The van der Waals surface area contributed by atoms with Crippen LogP contribution in [-0.2, 0) is 4.79 Å². The van der Waals surface area contributed by atoms with Crippen LogP contribution in [0.2, 0.25) is 0 Å². The summed E-state index contributed by atoms with van der Waals surface area (Å²) in [4.78, 5) is 14.3. The summed E-state index contributed by atoms with van der Waals surface area (Å²) in [5, 5.41) is -0.605. The number of hydrogen-bond donors (Lipinski definition) is 0. The number of nitrogens with zero attached hydrogens (tertiary/aromatic N) is 1. The lowest BCUT2D eigenvalue weighted by Crippen LogP contribution is -2.43. The molecule has 0 spiro atoms. The number of rotatable bonds is 3. The molecular formula is C15H20ClNO2. The average molecular weight is 282 g/mol. The van der Waals surface area contributed by atoms with Crippen LogP contribution in [-0.4, -0.2) is 30.5 Å². The molecule has 2 rings (SSSR count). The van der Waals surface area contributed by atoms with E-state index in [2.05, 4.69) is 6.92 Å². The van der Waals surface area contributed by atoms with Gasteiger partial charge in [0.2, 0.25) is 5.91 Å². The van der Waals surface area contributed by atoms with Gasteiger partial charge in [0.05, 0.1) is 7.11 Å². The van der Waals surface area contributed by atoms with Crippen LogP contribution in [0.5, 0.6) is 5.75 Å². The molecule has 0 aromatic heterocycles. The average Bonchev–Trinajstić information content (AvgIpc) is 2.46. The van der Waals surface area contributed by atoms with Crippen molar-refractivity contribution in [2.24, 2.45) is 0 Å². The first-order valence-electron chi connectivity index (χ1n) is 6.72. The van der Waals surface area contributed by atoms with Gasteiger partial charge in [0.25, 0.3) is 0 Å². The molecule has 3 nitrogen and oxygen atoms in total. The highest BCUT2D eigenvalue weighted by Crippen LogP contribution is 2.28. The maximum atomic E-state index is 12.4. The quantitative estimate of drug-likeness (QED) is 0.795. The SMILES string of the molecule is COc1ccc(C(Cl)C(=O)N2CCCCC2C)cc1. The second-order valence-electron chi connectivity index (χ2n) is 5.01. The molecule has 1 aromatic rings. The third-order valence-electron chi connectivity index (χ3n) is 3.71. The van der Waals surface area contributed by atoms with Gasteiger partial charge < -0.3 is 9.64 Å². The van der Waals surface area contributed by atoms with Gasteiger partial charge in [-0.15, -0.1) is 11.6 Å². The second kappa shape index (κ2) is 6.29. The van der Waals surface area contributed by atoms with Crippen LogP contribution in [0.3, 0.4) is 0 Å². The van der Waals surface area contributed by atoms with Crippen molar-refractivity contribution >= 4 is 17.5 Å². The van der Waals surface area contributed by atoms with Crippen molar-refractivity contribution in [1.29, 1.82) is 0 Å². The number of carbonyl (C=O) groups excluding carboxylic acids is 1. The van der Waals surface area contributed by atoms with Crippen molar-refractivity contribution in [3.63, 3.8) is 0 Å². The molecule has 1 saturated heterocycles. The van der Waals surface area contributed by atoms with Gasteiger partial charge >= 0.3 is 0 Å². The van der Waals surface area contributed by atoms with Crippen LogP contribution < -0.4 is 4.74 Å². The van der Waals surface area contributed by atoms with Gasteiger partial charge in [0, 0.05) is 12.6 Å². The van der Waals surface area contributed by atoms with E-state index in [0.29, 0.717) is 6.04 Å². The van der Waals surface area contributed by atoms with Gasteiger partial charge in [-0.1, -0.05) is 12.1 Å². The van der Waals surface area contributed by atoms with Crippen molar-refractivity contribution in [1.82, 2.24) is 4.90 Å². The Morgan fingerprint density at radius 2 is 2.05 bits per heavy atom. The molecule has 0 saturated carbocycles. The molecule has 1 aromatic carbocycles. The van der Waals surface area contributed by atoms with Crippen LogP contribution in [0.25, 0.3) is 0 Å². The molecule has 0 aliphatic carbocycles. The Bertz CT molecular complexity index is 432. The van der Waals surface area contributed by atoms with E-state index >= 15 is 0 Å². The van der Waals surface area contributed by atoms with Gasteiger partial charge in [-0.2, -0.15) is 0 Å². The maximum Gasteiger partial charge on any atom is 0.245 e. The summed E-state index contributed by atoms with van der Waals surface area (Å²) in [6, 6.07) is 7.65. The highest BCUT2D eigenvalue weighted by molar-refractivity contribution is 6.30. The van der Waals surface area contributed by atoms with E-state index in [9.17, 15) is 4.79 Å². The lowest BCUT2D eigenvalue weighted by atomic mass is 10.0. The summed E-state index contributed by atoms with van der Waals surface area (Å²) >= 11 is 6.32. The van der Waals surface area contributed by atoms with Gasteiger partial charge in [-0.05, 0) is 43.9 Å². The highest BCUT2D eigenvalue weighted by atomic mass is 35.5. The molecule has 19 heavy (non-hydrogen) atoms. The normalized spacial score (nSPS) is 21.0. The zero-order valence-electron chi connectivity index (χ0n) is 11.4. The number of alkyl halides is 1. The zero-order chi connectivity index (χ0) is 13.8. The Hall–Kier alpha value is -1.22.